The largest absolute Gasteiger partial charge is 0.493 e. The number of amides is 1. The summed E-state index contributed by atoms with van der Waals surface area (Å²) in [4.78, 5) is 12.4. The summed E-state index contributed by atoms with van der Waals surface area (Å²) >= 11 is 1.55. The van der Waals surface area contributed by atoms with Crippen LogP contribution in [0.1, 0.15) is 16.2 Å². The van der Waals surface area contributed by atoms with E-state index in [1.165, 1.54) is 0 Å². The summed E-state index contributed by atoms with van der Waals surface area (Å²) in [5.41, 5.74) is 0.504. The van der Waals surface area contributed by atoms with Crippen molar-refractivity contribution < 1.29 is 19.0 Å². The fourth-order valence-electron chi connectivity index (χ4n) is 2.73. The summed E-state index contributed by atoms with van der Waals surface area (Å²) in [6.45, 7) is 1.02. The van der Waals surface area contributed by atoms with Crippen LogP contribution in [0.15, 0.2) is 53.7 Å². The van der Waals surface area contributed by atoms with Crippen molar-refractivity contribution in [3.63, 3.8) is 0 Å². The maximum Gasteiger partial charge on any atom is 0.251 e. The van der Waals surface area contributed by atoms with Crippen LogP contribution in [0.3, 0.4) is 0 Å². The van der Waals surface area contributed by atoms with E-state index in [2.05, 4.69) is 15.5 Å². The van der Waals surface area contributed by atoms with E-state index in [0.717, 1.165) is 16.7 Å². The lowest BCUT2D eigenvalue weighted by Gasteiger charge is -2.07. The van der Waals surface area contributed by atoms with Crippen LogP contribution in [0.2, 0.25) is 0 Å². The van der Waals surface area contributed by atoms with Gasteiger partial charge < -0.3 is 24.1 Å². The molecule has 0 aliphatic carbocycles. The summed E-state index contributed by atoms with van der Waals surface area (Å²) in [7, 11) is 1.88. The maximum atomic E-state index is 12.4. The van der Waals surface area contributed by atoms with Crippen molar-refractivity contribution in [2.45, 2.75) is 11.7 Å². The topological polar surface area (TPSA) is 87.5 Å². The van der Waals surface area contributed by atoms with Crippen molar-refractivity contribution in [1.29, 1.82) is 0 Å². The number of rotatable bonds is 8. The summed E-state index contributed by atoms with van der Waals surface area (Å²) in [6, 6.07) is 14.8. The third-order valence-electron chi connectivity index (χ3n) is 4.29. The van der Waals surface area contributed by atoms with Gasteiger partial charge in [0.25, 0.3) is 5.91 Å². The Morgan fingerprint density at radius 1 is 1.17 bits per heavy atom. The molecule has 2 heterocycles. The Labute approximate surface area is 172 Å². The number of nitrogens with zero attached hydrogens (tertiary/aromatic N) is 3. The lowest BCUT2D eigenvalue weighted by Crippen LogP contribution is -2.24. The molecule has 0 spiro atoms. The van der Waals surface area contributed by atoms with E-state index in [0.29, 0.717) is 29.5 Å². The molecule has 0 bridgehead atoms. The summed E-state index contributed by atoms with van der Waals surface area (Å²) in [5.74, 6) is 3.27. The number of ether oxygens (including phenoxy) is 3. The second kappa shape index (κ2) is 8.87. The molecule has 3 aromatic rings. The lowest BCUT2D eigenvalue weighted by molar-refractivity contribution is 0.0949. The van der Waals surface area contributed by atoms with Crippen LogP contribution < -0.4 is 19.5 Å². The first-order valence-electron chi connectivity index (χ1n) is 9.07. The van der Waals surface area contributed by atoms with E-state index in [1.54, 1.807) is 30.0 Å². The fraction of sp³-hybridized carbons (Fsp3) is 0.250. The summed E-state index contributed by atoms with van der Waals surface area (Å²) in [6.07, 6.45) is 0. The highest BCUT2D eigenvalue weighted by atomic mass is 32.2. The van der Waals surface area contributed by atoms with Crippen molar-refractivity contribution in [3.05, 3.63) is 59.9 Å². The van der Waals surface area contributed by atoms with E-state index in [9.17, 15) is 4.79 Å². The minimum atomic E-state index is -0.211. The van der Waals surface area contributed by atoms with E-state index in [-0.39, 0.29) is 19.2 Å². The quantitative estimate of drug-likeness (QED) is 0.449. The molecule has 1 aliphatic heterocycles. The predicted octanol–water partition coefficient (Wildman–Crippen LogP) is 2.64. The zero-order valence-corrected chi connectivity index (χ0v) is 16.6. The van der Waals surface area contributed by atoms with Crippen LogP contribution >= 0.6 is 11.8 Å². The molecule has 1 amide bonds. The molecule has 0 fully saturated rings. The molecule has 1 N–H and O–H groups in total. The first-order valence-corrected chi connectivity index (χ1v) is 10.1. The number of fused-ring (bicyclic) bond motifs is 1. The van der Waals surface area contributed by atoms with Gasteiger partial charge in [0.1, 0.15) is 5.75 Å². The highest BCUT2D eigenvalue weighted by molar-refractivity contribution is 7.99. The standard InChI is InChI=1S/C20H20N4O4S/c1-24-18(12-21-19(25)14-7-8-16-17(11-14)28-13-27-16)22-23-20(24)29-10-9-26-15-5-3-2-4-6-15/h2-8,11H,9-10,12-13H2,1H3,(H,21,25). The van der Waals surface area contributed by atoms with E-state index in [4.69, 9.17) is 14.2 Å². The molecule has 0 saturated heterocycles. The number of aromatic nitrogens is 3. The number of para-hydroxylation sites is 1. The van der Waals surface area contributed by atoms with Crippen LogP contribution in [0.4, 0.5) is 0 Å². The molecule has 9 heteroatoms. The second-order valence-electron chi connectivity index (χ2n) is 6.22. The van der Waals surface area contributed by atoms with Gasteiger partial charge in [0.15, 0.2) is 22.5 Å². The number of nitrogens with one attached hydrogen (secondary N) is 1. The van der Waals surface area contributed by atoms with Crippen molar-refractivity contribution in [2.24, 2.45) is 7.05 Å². The maximum absolute atomic E-state index is 12.4. The molecule has 150 valence electrons. The van der Waals surface area contributed by atoms with Crippen molar-refractivity contribution in [1.82, 2.24) is 20.1 Å². The molecule has 4 rings (SSSR count). The number of carbonyl (C=O) groups is 1. The molecule has 0 radical (unpaired) electrons. The van der Waals surface area contributed by atoms with Gasteiger partial charge in [-0.15, -0.1) is 10.2 Å². The zero-order valence-electron chi connectivity index (χ0n) is 15.8. The summed E-state index contributed by atoms with van der Waals surface area (Å²) < 4.78 is 18.1. The first kappa shape index (κ1) is 19.1. The van der Waals surface area contributed by atoms with Gasteiger partial charge in [-0.05, 0) is 30.3 Å². The van der Waals surface area contributed by atoms with Gasteiger partial charge in [-0.1, -0.05) is 30.0 Å². The molecule has 29 heavy (non-hydrogen) atoms. The van der Waals surface area contributed by atoms with Gasteiger partial charge in [-0.3, -0.25) is 4.79 Å². The van der Waals surface area contributed by atoms with Crippen molar-refractivity contribution in [2.75, 3.05) is 19.2 Å². The fourth-order valence-corrected chi connectivity index (χ4v) is 3.48. The minimum Gasteiger partial charge on any atom is -0.493 e. The number of hydrogen-bond acceptors (Lipinski definition) is 7. The predicted molar refractivity (Wildman–Crippen MR) is 107 cm³/mol. The van der Waals surface area contributed by atoms with E-state index in [1.807, 2.05) is 41.9 Å². The Balaban J connectivity index is 1.26. The summed E-state index contributed by atoms with van der Waals surface area (Å²) in [5, 5.41) is 12.0. The van der Waals surface area contributed by atoms with Crippen LogP contribution in [0.5, 0.6) is 17.2 Å². The number of thioether (sulfide) groups is 1. The molecule has 1 aliphatic rings. The number of carbonyl (C=O) groups excluding carboxylic acids is 1. The molecule has 0 saturated carbocycles. The molecular formula is C20H20N4O4S. The van der Waals surface area contributed by atoms with Gasteiger partial charge in [0.05, 0.1) is 13.2 Å². The van der Waals surface area contributed by atoms with Crippen LogP contribution in [-0.2, 0) is 13.6 Å². The average molecular weight is 412 g/mol. The van der Waals surface area contributed by atoms with Crippen LogP contribution in [0.25, 0.3) is 0 Å². The van der Waals surface area contributed by atoms with E-state index < -0.39 is 0 Å². The molecule has 2 aromatic carbocycles. The first-order chi connectivity index (χ1) is 14.2. The van der Waals surface area contributed by atoms with Gasteiger partial charge in [-0.25, -0.2) is 0 Å². The highest BCUT2D eigenvalue weighted by Crippen LogP contribution is 2.32. The molecule has 1 aromatic heterocycles. The van der Waals surface area contributed by atoms with Crippen molar-refractivity contribution in [3.8, 4) is 17.2 Å². The minimum absolute atomic E-state index is 0.177. The highest BCUT2D eigenvalue weighted by Gasteiger charge is 2.17. The SMILES string of the molecule is Cn1c(CNC(=O)c2ccc3c(c2)OCO3)nnc1SCCOc1ccccc1. The number of hydrogen-bond donors (Lipinski definition) is 1. The Morgan fingerprint density at radius 2 is 2.00 bits per heavy atom. The molecule has 0 atom stereocenters. The second-order valence-corrected chi connectivity index (χ2v) is 7.28. The van der Waals surface area contributed by atoms with Gasteiger partial charge in [-0.2, -0.15) is 0 Å². The van der Waals surface area contributed by atoms with Crippen LogP contribution in [0, 0.1) is 0 Å². The zero-order chi connectivity index (χ0) is 20.1. The normalized spacial score (nSPS) is 12.0. The Morgan fingerprint density at radius 3 is 2.86 bits per heavy atom. The van der Waals surface area contributed by atoms with Crippen LogP contribution in [-0.4, -0.2) is 39.8 Å². The van der Waals surface area contributed by atoms with Gasteiger partial charge in [0, 0.05) is 18.4 Å². The molecular weight excluding hydrogens is 392 g/mol. The lowest BCUT2D eigenvalue weighted by atomic mass is 10.2. The number of benzene rings is 2. The Hall–Kier alpha value is -3.20. The smallest absolute Gasteiger partial charge is 0.251 e. The third kappa shape index (κ3) is 4.62. The van der Waals surface area contributed by atoms with Crippen molar-refractivity contribution >= 4 is 17.7 Å². The van der Waals surface area contributed by atoms with E-state index >= 15 is 0 Å². The third-order valence-corrected chi connectivity index (χ3v) is 5.28. The van der Waals surface area contributed by atoms with Gasteiger partial charge >= 0.3 is 0 Å². The Kier molecular flexibility index (Phi) is 5.85. The molecule has 8 nitrogen and oxygen atoms in total. The monoisotopic (exact) mass is 412 g/mol. The Bertz CT molecular complexity index is 993. The average Bonchev–Trinajstić information content (AvgIpc) is 3.36. The molecule has 0 unspecified atom stereocenters. The van der Waals surface area contributed by atoms with Gasteiger partial charge in [0.2, 0.25) is 6.79 Å².